The largest absolute Gasteiger partial charge is 0.507 e. The van der Waals surface area contributed by atoms with Crippen molar-refractivity contribution >= 4 is 23.2 Å². The quantitative estimate of drug-likeness (QED) is 0.267. The number of benzene rings is 1. The van der Waals surface area contributed by atoms with Crippen LogP contribution in [0.1, 0.15) is 24.0 Å². The number of amides is 1. The molecule has 0 aromatic heterocycles. The number of rotatable bonds is 2. The first-order chi connectivity index (χ1) is 14.5. The number of fused-ring (bicyclic) bond motifs is 3. The van der Waals surface area contributed by atoms with Crippen molar-refractivity contribution in [1.82, 2.24) is 5.32 Å². The molecule has 0 bridgehead atoms. The molecule has 0 aliphatic heterocycles. The van der Waals surface area contributed by atoms with Gasteiger partial charge in [-0.15, -0.1) is 0 Å². The van der Waals surface area contributed by atoms with Gasteiger partial charge >= 0.3 is 0 Å². The number of aliphatic hydroxyl groups excluding tert-OH is 3. The van der Waals surface area contributed by atoms with Crippen LogP contribution in [0, 0.1) is 17.8 Å². The zero-order valence-corrected chi connectivity index (χ0v) is 16.8. The fourth-order valence-corrected chi connectivity index (χ4v) is 5.69. The molecule has 0 heterocycles. The van der Waals surface area contributed by atoms with Crippen LogP contribution >= 0.6 is 0 Å². The van der Waals surface area contributed by atoms with E-state index in [1.165, 1.54) is 13.1 Å². The van der Waals surface area contributed by atoms with Crippen LogP contribution < -0.4 is 11.1 Å². The highest BCUT2D eigenvalue weighted by atomic mass is 16.3. The third-order valence-electron chi connectivity index (χ3n) is 7.13. The summed E-state index contributed by atoms with van der Waals surface area (Å²) >= 11 is 0. The number of ketones is 2. The van der Waals surface area contributed by atoms with Crippen LogP contribution in [0.3, 0.4) is 0 Å². The van der Waals surface area contributed by atoms with Gasteiger partial charge in [-0.3, -0.25) is 14.4 Å². The number of hydrogen-bond donors (Lipinski definition) is 7. The molecule has 8 N–H and O–H groups in total. The number of phenols is 1. The van der Waals surface area contributed by atoms with Gasteiger partial charge in [0.25, 0.3) is 0 Å². The summed E-state index contributed by atoms with van der Waals surface area (Å²) in [7, 11) is 1.39. The normalized spacial score (nSPS) is 39.6. The van der Waals surface area contributed by atoms with Gasteiger partial charge in [0.15, 0.2) is 11.4 Å². The maximum Gasteiger partial charge on any atom is 0.230 e. The second kappa shape index (κ2) is 6.86. The first-order valence-electron chi connectivity index (χ1n) is 9.89. The molecule has 3 aliphatic rings. The van der Waals surface area contributed by atoms with Gasteiger partial charge in [-0.05, 0) is 24.6 Å². The number of nitrogens with two attached hydrogens (primary N) is 1. The topological polar surface area (TPSA) is 190 Å². The van der Waals surface area contributed by atoms with E-state index in [-0.39, 0.29) is 11.3 Å². The highest BCUT2D eigenvalue weighted by Gasteiger charge is 2.70. The van der Waals surface area contributed by atoms with Crippen LogP contribution in [-0.4, -0.2) is 73.9 Å². The van der Waals surface area contributed by atoms with Crippen molar-refractivity contribution in [2.75, 3.05) is 7.05 Å². The van der Waals surface area contributed by atoms with E-state index in [0.717, 1.165) is 0 Å². The van der Waals surface area contributed by atoms with Crippen molar-refractivity contribution in [2.45, 2.75) is 36.7 Å². The Morgan fingerprint density at radius 1 is 1.16 bits per heavy atom. The Hall–Kier alpha value is -2.79. The highest BCUT2D eigenvalue weighted by Crippen LogP contribution is 2.55. The van der Waals surface area contributed by atoms with Crippen molar-refractivity contribution in [2.24, 2.45) is 23.5 Å². The minimum absolute atomic E-state index is 0.0243. The average Bonchev–Trinajstić information content (AvgIpc) is 2.70. The summed E-state index contributed by atoms with van der Waals surface area (Å²) in [5, 5.41) is 57.1. The summed E-state index contributed by atoms with van der Waals surface area (Å²) in [5.74, 6) is -9.73. The summed E-state index contributed by atoms with van der Waals surface area (Å²) in [6.07, 6.45) is -3.24. The van der Waals surface area contributed by atoms with Crippen LogP contribution in [-0.2, 0) is 14.4 Å². The smallest absolute Gasteiger partial charge is 0.230 e. The van der Waals surface area contributed by atoms with Crippen molar-refractivity contribution in [1.29, 1.82) is 0 Å². The summed E-state index contributed by atoms with van der Waals surface area (Å²) in [6.45, 7) is 1.68. The lowest BCUT2D eigenvalue weighted by atomic mass is 9.52. The molecule has 31 heavy (non-hydrogen) atoms. The Morgan fingerprint density at radius 3 is 2.39 bits per heavy atom. The first-order valence-corrected chi connectivity index (χ1v) is 9.89. The fourth-order valence-electron chi connectivity index (χ4n) is 5.69. The highest BCUT2D eigenvalue weighted by molar-refractivity contribution is 6.25. The number of carbonyl (C=O) groups is 3. The molecule has 1 amide bonds. The molecule has 8 atom stereocenters. The summed E-state index contributed by atoms with van der Waals surface area (Å²) in [6, 6.07) is 3.27. The molecule has 10 nitrogen and oxygen atoms in total. The number of aromatic hydroxyl groups is 1. The molecule has 8 unspecified atom stereocenters. The zero-order chi connectivity index (χ0) is 23.0. The van der Waals surface area contributed by atoms with Crippen LogP contribution in [0.5, 0.6) is 5.75 Å². The second-order valence-corrected chi connectivity index (χ2v) is 8.48. The lowest BCUT2D eigenvalue weighted by molar-refractivity contribution is -0.191. The lowest BCUT2D eigenvalue weighted by Gasteiger charge is -2.55. The number of hydrogen-bond acceptors (Lipinski definition) is 9. The Balaban J connectivity index is 1.99. The van der Waals surface area contributed by atoms with Crippen LogP contribution in [0.2, 0.25) is 0 Å². The van der Waals surface area contributed by atoms with Crippen LogP contribution in [0.15, 0.2) is 23.8 Å². The predicted octanol–water partition coefficient (Wildman–Crippen LogP) is -1.68. The Morgan fingerprint density at radius 2 is 1.81 bits per heavy atom. The van der Waals surface area contributed by atoms with Crippen molar-refractivity contribution < 1.29 is 39.9 Å². The molecular formula is C21H24N2O8. The third-order valence-corrected chi connectivity index (χ3v) is 7.13. The molecule has 0 saturated heterocycles. The number of aliphatic hydroxyl groups is 4. The number of carbonyl (C=O) groups excluding carboxylic acids is 3. The average molecular weight is 432 g/mol. The number of Topliss-reactive ketones (excluding diaryl/α,β-unsaturated/α-hetero) is 2. The summed E-state index contributed by atoms with van der Waals surface area (Å²) in [5.41, 5.74) is 2.40. The van der Waals surface area contributed by atoms with Crippen molar-refractivity contribution in [3.8, 4) is 5.75 Å². The van der Waals surface area contributed by atoms with E-state index in [0.29, 0.717) is 5.56 Å². The Kier molecular flexibility index (Phi) is 4.74. The molecule has 2 fully saturated rings. The minimum Gasteiger partial charge on any atom is -0.507 e. The molecule has 1 aromatic rings. The fraction of sp³-hybridized carbons (Fsp3) is 0.476. The van der Waals surface area contributed by atoms with Crippen molar-refractivity contribution in [3.63, 3.8) is 0 Å². The number of phenolic OH excluding ortho intramolecular Hbond substituents is 1. The van der Waals surface area contributed by atoms with Gasteiger partial charge in [-0.2, -0.15) is 0 Å². The van der Waals surface area contributed by atoms with Gasteiger partial charge in [0, 0.05) is 23.5 Å². The van der Waals surface area contributed by atoms with E-state index >= 15 is 0 Å². The Bertz CT molecular complexity index is 1040. The first kappa shape index (κ1) is 21.4. The minimum atomic E-state index is -2.91. The number of likely N-dealkylation sites (N-methyl/N-ethyl adjacent to an activating group) is 1. The monoisotopic (exact) mass is 432 g/mol. The number of nitrogens with one attached hydrogen (secondary N) is 1. The van der Waals surface area contributed by atoms with E-state index in [2.05, 4.69) is 5.32 Å². The van der Waals surface area contributed by atoms with E-state index < -0.39 is 76.3 Å². The van der Waals surface area contributed by atoms with Crippen LogP contribution in [0.25, 0.3) is 5.76 Å². The van der Waals surface area contributed by atoms with Gasteiger partial charge in [0.05, 0.1) is 17.8 Å². The number of primary amides is 1. The zero-order valence-electron chi connectivity index (χ0n) is 16.8. The summed E-state index contributed by atoms with van der Waals surface area (Å²) < 4.78 is 0. The maximum absolute atomic E-state index is 13.5. The molecule has 166 valence electrons. The molecular weight excluding hydrogens is 408 g/mol. The Labute approximate surface area is 177 Å². The van der Waals surface area contributed by atoms with E-state index in [1.807, 2.05) is 0 Å². The van der Waals surface area contributed by atoms with Gasteiger partial charge < -0.3 is 36.6 Å². The molecule has 0 radical (unpaired) electrons. The standard InChI is InChI=1S/C21H24N2O8/c1-6-7-4-3-5-8(24)10(7)15(25)11-9(6)16(26)13-14(23-2)17(27)12(20(22)30)19(29)21(13,31)18(11)28/h3-6,9,12-14,16-17,23-27,31H,1-2H3,(H2,22,30). The molecule has 3 aliphatic carbocycles. The molecule has 10 heteroatoms. The third kappa shape index (κ3) is 2.50. The van der Waals surface area contributed by atoms with E-state index in [1.54, 1.807) is 19.1 Å². The second-order valence-electron chi connectivity index (χ2n) is 8.48. The van der Waals surface area contributed by atoms with Gasteiger partial charge in [0.1, 0.15) is 17.4 Å². The maximum atomic E-state index is 13.5. The summed E-state index contributed by atoms with van der Waals surface area (Å²) in [4.78, 5) is 38.5. The predicted molar refractivity (Wildman–Crippen MR) is 106 cm³/mol. The molecule has 2 saturated carbocycles. The van der Waals surface area contributed by atoms with Crippen molar-refractivity contribution in [3.05, 3.63) is 34.9 Å². The van der Waals surface area contributed by atoms with Gasteiger partial charge in [-0.25, -0.2) is 0 Å². The molecule has 1 aromatic carbocycles. The van der Waals surface area contributed by atoms with Crippen LogP contribution in [0.4, 0.5) is 0 Å². The lowest BCUT2D eigenvalue weighted by Crippen LogP contribution is -2.76. The SMILES string of the molecule is CNC1C(O)C(C(N)=O)C(=O)C2(O)C(=O)C3=C(O)c4c(O)cccc4C(C)C3C(O)C12. The molecule has 0 spiro atoms. The van der Waals surface area contributed by atoms with E-state index in [4.69, 9.17) is 5.73 Å². The van der Waals surface area contributed by atoms with E-state index in [9.17, 15) is 39.9 Å². The van der Waals surface area contributed by atoms with Gasteiger partial charge in [0.2, 0.25) is 11.7 Å². The van der Waals surface area contributed by atoms with Gasteiger partial charge in [-0.1, -0.05) is 19.1 Å². The molecule has 4 rings (SSSR count).